The van der Waals surface area contributed by atoms with Crippen molar-refractivity contribution in [2.45, 2.75) is 0 Å². The molecule has 0 unspecified atom stereocenters. The minimum Gasteiger partial charge on any atom is -1.00 e. The second-order valence-electron chi connectivity index (χ2n) is 0.101. The van der Waals surface area contributed by atoms with Crippen LogP contribution in [0.2, 0.25) is 0 Å². The van der Waals surface area contributed by atoms with Crippen LogP contribution in [0, 0.1) is 0 Å². The van der Waals surface area contributed by atoms with Crippen molar-refractivity contribution in [3.8, 4) is 0 Å². The molecule has 0 nitrogen and oxygen atoms in total. The number of hydrogen-bond donors (Lipinski definition) is 0. The Balaban J connectivity index is -0.0000000200. The summed E-state index contributed by atoms with van der Waals surface area (Å²) in [5.74, 6) is 0. The van der Waals surface area contributed by atoms with Gasteiger partial charge in [-0.15, -0.1) is 0 Å². The van der Waals surface area contributed by atoms with E-state index in [1.54, 1.807) is 0 Å². The molecule has 0 heterocycles. The fraction of sp³-hybridized carbons (Fsp3) is 1.00. The predicted molar refractivity (Wildman–Crippen MR) is 23.8 cm³/mol. The molecule has 0 fully saturated rings. The average Bonchev–Trinajstić information content (AvgIpc) is 0.918. The Morgan fingerprint density at radius 1 is 1.50 bits per heavy atom. The van der Waals surface area contributed by atoms with Gasteiger partial charge in [0.2, 0.25) is 0 Å². The van der Waals surface area contributed by atoms with E-state index in [4.69, 9.17) is 0 Å². The zero-order chi connectivity index (χ0) is 2.71. The summed E-state index contributed by atoms with van der Waals surface area (Å²) in [7, 11) is 0. The van der Waals surface area contributed by atoms with Gasteiger partial charge in [0.05, 0.1) is 4.24 Å². The molecule has 0 aliphatic carbocycles. The van der Waals surface area contributed by atoms with Crippen molar-refractivity contribution < 1.29 is 20.3 Å². The Labute approximate surface area is 56.3 Å². The van der Waals surface area contributed by atoms with Gasteiger partial charge in [0.25, 0.3) is 0 Å². The molecule has 0 aromatic heterocycles. The van der Waals surface area contributed by atoms with Crippen molar-refractivity contribution in [2.75, 3.05) is 4.24 Å². The third-order valence-corrected chi connectivity index (χ3v) is 0. The molecule has 0 saturated carbocycles. The van der Waals surface area contributed by atoms with Gasteiger partial charge in [0.1, 0.15) is 0 Å². The predicted octanol–water partition coefficient (Wildman–Crippen LogP) is -1.15. The van der Waals surface area contributed by atoms with Gasteiger partial charge in [-0.25, -0.2) is 0 Å². The molecule has 0 aliphatic heterocycles. The van der Waals surface area contributed by atoms with Crippen LogP contribution in [-0.4, -0.2) is 4.24 Å². The van der Waals surface area contributed by atoms with Gasteiger partial charge in [-0.2, -0.15) is 0 Å². The first kappa shape index (κ1) is 9.12. The van der Waals surface area contributed by atoms with E-state index in [0.29, 0.717) is 0 Å². The van der Waals surface area contributed by atoms with Gasteiger partial charge in [-0.1, -0.05) is 31.9 Å². The summed E-state index contributed by atoms with van der Waals surface area (Å²) in [6.45, 7) is 0. The van der Waals surface area contributed by atoms with Gasteiger partial charge in [0, 0.05) is 0 Å². The third kappa shape index (κ3) is 9.59. The topological polar surface area (TPSA) is 0 Å². The van der Waals surface area contributed by atoms with Crippen molar-refractivity contribution in [3.05, 3.63) is 0 Å². The minimum absolute atomic E-state index is 0. The molecule has 0 aliphatic rings. The second-order valence-corrected chi connectivity index (χ2v) is 2.73. The molecular formula is CH3Br2Li. The smallest absolute Gasteiger partial charge is 1.00 e. The molecule has 0 aromatic carbocycles. The van der Waals surface area contributed by atoms with Crippen molar-refractivity contribution >= 4 is 31.9 Å². The van der Waals surface area contributed by atoms with Gasteiger partial charge < -0.3 is 1.43 Å². The molecule has 0 spiro atoms. The van der Waals surface area contributed by atoms with Crippen LogP contribution < -0.4 is 18.9 Å². The molecule has 3 heteroatoms. The zero-order valence-corrected chi connectivity index (χ0v) is 5.64. The number of halogens is 2. The molecule has 0 radical (unpaired) electrons. The molecule has 0 aromatic rings. The van der Waals surface area contributed by atoms with E-state index in [1.807, 2.05) is 0 Å². The molecule has 4 heavy (non-hydrogen) atoms. The van der Waals surface area contributed by atoms with Crippen LogP contribution in [0.25, 0.3) is 0 Å². The Kier molecular flexibility index (Phi) is 20.1. The molecule has 0 atom stereocenters. The first-order valence-corrected chi connectivity index (χ1v) is 2.78. The Morgan fingerprint density at radius 3 is 1.50 bits per heavy atom. The SMILES string of the molecule is BrCBr.[H-].[Li+]. The van der Waals surface area contributed by atoms with E-state index < -0.39 is 0 Å². The number of alkyl halides is 2. The first-order valence-electron chi connectivity index (χ1n) is 0.535. The van der Waals surface area contributed by atoms with Gasteiger partial charge in [-0.3, -0.25) is 0 Å². The van der Waals surface area contributed by atoms with Crippen molar-refractivity contribution in [1.82, 2.24) is 0 Å². The molecule has 22 valence electrons. The van der Waals surface area contributed by atoms with Crippen LogP contribution in [0.4, 0.5) is 0 Å². The van der Waals surface area contributed by atoms with E-state index in [1.165, 1.54) is 0 Å². The van der Waals surface area contributed by atoms with Crippen LogP contribution in [0.5, 0.6) is 0 Å². The standard InChI is InChI=1S/CH2Br2.Li.H/c2-1-3;;/h1H2;;/q;+1;-1. The average molecular weight is 182 g/mol. The molecule has 0 bridgehead atoms. The fourth-order valence-electron chi connectivity index (χ4n) is 0. The first-order chi connectivity index (χ1) is 1.41. The van der Waals surface area contributed by atoms with Crippen LogP contribution in [0.1, 0.15) is 1.43 Å². The van der Waals surface area contributed by atoms with Crippen molar-refractivity contribution in [2.24, 2.45) is 0 Å². The third-order valence-electron chi connectivity index (χ3n) is 0. The Hall–Kier alpha value is 1.56. The van der Waals surface area contributed by atoms with Crippen molar-refractivity contribution in [3.63, 3.8) is 0 Å². The fourth-order valence-corrected chi connectivity index (χ4v) is 0. The largest absolute Gasteiger partial charge is 1.00 e. The van der Waals surface area contributed by atoms with Gasteiger partial charge in [-0.05, 0) is 0 Å². The van der Waals surface area contributed by atoms with Crippen LogP contribution in [-0.2, 0) is 0 Å². The maximum atomic E-state index is 3.06. The van der Waals surface area contributed by atoms with Gasteiger partial charge >= 0.3 is 18.9 Å². The van der Waals surface area contributed by atoms with Gasteiger partial charge in [0.15, 0.2) is 0 Å². The molecular weight excluding hydrogens is 179 g/mol. The zero-order valence-electron chi connectivity index (χ0n) is 3.46. The number of hydrogen-bond acceptors (Lipinski definition) is 0. The van der Waals surface area contributed by atoms with Crippen LogP contribution in [0.15, 0.2) is 0 Å². The molecule has 0 rings (SSSR count). The maximum absolute atomic E-state index is 3.06. The maximum Gasteiger partial charge on any atom is 1.00 e. The van der Waals surface area contributed by atoms with E-state index >= 15 is 0 Å². The number of rotatable bonds is 0. The summed E-state index contributed by atoms with van der Waals surface area (Å²) in [6, 6.07) is 0. The normalized spacial score (nSPS) is 4.50. The summed E-state index contributed by atoms with van der Waals surface area (Å²) in [5, 5.41) is 0. The van der Waals surface area contributed by atoms with E-state index in [2.05, 4.69) is 31.9 Å². The Bertz CT molecular complexity index is 9.61. The summed E-state index contributed by atoms with van der Waals surface area (Å²) >= 11 is 6.12. The quantitative estimate of drug-likeness (QED) is 0.327. The summed E-state index contributed by atoms with van der Waals surface area (Å²) in [5.41, 5.74) is 0. The Morgan fingerprint density at radius 2 is 1.50 bits per heavy atom. The summed E-state index contributed by atoms with van der Waals surface area (Å²) < 4.78 is 0.875. The summed E-state index contributed by atoms with van der Waals surface area (Å²) in [6.07, 6.45) is 0. The van der Waals surface area contributed by atoms with E-state index in [0.717, 1.165) is 4.24 Å². The van der Waals surface area contributed by atoms with Crippen LogP contribution >= 0.6 is 31.9 Å². The molecule has 0 N–H and O–H groups in total. The minimum atomic E-state index is 0. The molecule has 0 amide bonds. The monoisotopic (exact) mass is 180 g/mol. The summed E-state index contributed by atoms with van der Waals surface area (Å²) in [4.78, 5) is 0. The van der Waals surface area contributed by atoms with Crippen molar-refractivity contribution in [1.29, 1.82) is 0 Å². The van der Waals surface area contributed by atoms with E-state index in [-0.39, 0.29) is 20.3 Å². The van der Waals surface area contributed by atoms with E-state index in [9.17, 15) is 0 Å². The van der Waals surface area contributed by atoms with Crippen LogP contribution in [0.3, 0.4) is 0 Å². The molecule has 0 saturated heterocycles. The second kappa shape index (κ2) is 8.82.